The summed E-state index contributed by atoms with van der Waals surface area (Å²) in [7, 11) is 1.55. The van der Waals surface area contributed by atoms with E-state index in [0.717, 1.165) is 5.69 Å². The van der Waals surface area contributed by atoms with Crippen molar-refractivity contribution < 1.29 is 14.3 Å². The summed E-state index contributed by atoms with van der Waals surface area (Å²) in [6.45, 7) is 0.175. The van der Waals surface area contributed by atoms with Crippen molar-refractivity contribution in [2.45, 2.75) is 19.2 Å². The van der Waals surface area contributed by atoms with Crippen molar-refractivity contribution in [3.05, 3.63) is 64.7 Å². The molecule has 0 saturated carbocycles. The van der Waals surface area contributed by atoms with Gasteiger partial charge in [-0.25, -0.2) is 4.98 Å². The number of primary amides is 1. The highest BCUT2D eigenvalue weighted by Gasteiger charge is 2.31. The molecular formula is C21H21N5O4. The van der Waals surface area contributed by atoms with E-state index in [1.165, 1.54) is 4.57 Å². The van der Waals surface area contributed by atoms with Crippen LogP contribution < -0.4 is 26.2 Å². The number of anilines is 1. The number of nitrogens with two attached hydrogens (primary N) is 1. The third kappa shape index (κ3) is 3.57. The van der Waals surface area contributed by atoms with Gasteiger partial charge in [-0.3, -0.25) is 19.0 Å². The smallest absolute Gasteiger partial charge is 0.262 e. The Balaban J connectivity index is 1.80. The van der Waals surface area contributed by atoms with Gasteiger partial charge in [0.2, 0.25) is 5.91 Å². The maximum Gasteiger partial charge on any atom is 0.262 e. The maximum absolute atomic E-state index is 13.0. The normalized spacial score (nSPS) is 15.4. The number of para-hydroxylation sites is 3. The average Bonchev–Trinajstić information content (AvgIpc) is 2.75. The van der Waals surface area contributed by atoms with Crippen LogP contribution in [0.15, 0.2) is 53.3 Å². The summed E-state index contributed by atoms with van der Waals surface area (Å²) in [6.07, 6.45) is -0.721. The molecule has 0 radical (unpaired) electrons. The zero-order chi connectivity index (χ0) is 21.3. The van der Waals surface area contributed by atoms with Crippen LogP contribution in [-0.2, 0) is 22.7 Å². The van der Waals surface area contributed by atoms with Crippen LogP contribution in [0.3, 0.4) is 0 Å². The fourth-order valence-electron chi connectivity index (χ4n) is 3.58. The van der Waals surface area contributed by atoms with E-state index < -0.39 is 12.0 Å². The molecule has 1 aliphatic rings. The van der Waals surface area contributed by atoms with E-state index >= 15 is 0 Å². The first-order valence-corrected chi connectivity index (χ1v) is 9.47. The van der Waals surface area contributed by atoms with Crippen LogP contribution in [0.1, 0.15) is 5.82 Å². The van der Waals surface area contributed by atoms with E-state index in [4.69, 9.17) is 10.5 Å². The van der Waals surface area contributed by atoms with Crippen LogP contribution in [0, 0.1) is 0 Å². The number of nitrogens with zero attached hydrogens (tertiary/aromatic N) is 3. The Bertz CT molecular complexity index is 1190. The van der Waals surface area contributed by atoms with E-state index in [1.54, 1.807) is 37.4 Å². The summed E-state index contributed by atoms with van der Waals surface area (Å²) < 4.78 is 7.11. The highest BCUT2D eigenvalue weighted by molar-refractivity contribution is 5.83. The Labute approximate surface area is 172 Å². The second-order valence-corrected chi connectivity index (χ2v) is 6.97. The zero-order valence-corrected chi connectivity index (χ0v) is 16.4. The average molecular weight is 407 g/mol. The maximum atomic E-state index is 13.0. The summed E-state index contributed by atoms with van der Waals surface area (Å²) in [6, 6.07) is 14.3. The molecule has 0 bridgehead atoms. The Morgan fingerprint density at radius 3 is 2.70 bits per heavy atom. The number of ether oxygens (including phenoxy) is 1. The molecule has 4 rings (SSSR count). The van der Waals surface area contributed by atoms with Gasteiger partial charge in [-0.1, -0.05) is 24.3 Å². The molecule has 9 nitrogen and oxygen atoms in total. The zero-order valence-electron chi connectivity index (χ0n) is 16.4. The summed E-state index contributed by atoms with van der Waals surface area (Å²) in [4.78, 5) is 43.4. The first kappa shape index (κ1) is 19.4. The summed E-state index contributed by atoms with van der Waals surface area (Å²) >= 11 is 0. The predicted molar refractivity (Wildman–Crippen MR) is 111 cm³/mol. The molecule has 0 unspecified atom stereocenters. The topological polar surface area (TPSA) is 120 Å². The Kier molecular flexibility index (Phi) is 5.09. The summed E-state index contributed by atoms with van der Waals surface area (Å²) in [5.41, 5.74) is 6.35. The number of hydrogen-bond donors (Lipinski definition) is 2. The number of amides is 2. The minimum atomic E-state index is -0.721. The molecule has 9 heteroatoms. The lowest BCUT2D eigenvalue weighted by atomic mass is 10.1. The third-order valence-corrected chi connectivity index (χ3v) is 4.99. The molecule has 1 aliphatic heterocycles. The monoisotopic (exact) mass is 407 g/mol. The van der Waals surface area contributed by atoms with Crippen LogP contribution in [0.25, 0.3) is 10.9 Å². The standard InChI is InChI=1S/C21H21N5O4/c1-23-20(28)17-10-25(15-8-4-5-9-16(15)30-17)12-19-24-14-7-3-2-6-13(14)21(29)26(19)11-18(22)27/h2-9,17H,10-12H2,1H3,(H2,22,27)(H,23,28)/t17-/m1/s1. The third-order valence-electron chi connectivity index (χ3n) is 4.99. The van der Waals surface area contributed by atoms with Crippen LogP contribution in [0.4, 0.5) is 5.69 Å². The molecule has 0 saturated heterocycles. The van der Waals surface area contributed by atoms with Crippen LogP contribution in [0.5, 0.6) is 5.75 Å². The number of rotatable bonds is 5. The van der Waals surface area contributed by atoms with Crippen molar-refractivity contribution in [3.8, 4) is 5.75 Å². The second-order valence-electron chi connectivity index (χ2n) is 6.97. The summed E-state index contributed by atoms with van der Waals surface area (Å²) in [5.74, 6) is 0.0448. The molecule has 0 fully saturated rings. The molecule has 2 aromatic carbocycles. The number of carbonyl (C=O) groups excluding carboxylic acids is 2. The van der Waals surface area contributed by atoms with Gasteiger partial charge < -0.3 is 20.7 Å². The lowest BCUT2D eigenvalue weighted by molar-refractivity contribution is -0.127. The number of hydrogen-bond acceptors (Lipinski definition) is 6. The van der Waals surface area contributed by atoms with E-state index in [0.29, 0.717) is 22.5 Å². The van der Waals surface area contributed by atoms with Crippen molar-refractivity contribution in [1.82, 2.24) is 14.9 Å². The van der Waals surface area contributed by atoms with Gasteiger partial charge in [0, 0.05) is 7.05 Å². The van der Waals surface area contributed by atoms with Gasteiger partial charge in [-0.15, -0.1) is 0 Å². The number of nitrogens with one attached hydrogen (secondary N) is 1. The second kappa shape index (κ2) is 7.86. The van der Waals surface area contributed by atoms with Crippen molar-refractivity contribution in [2.75, 3.05) is 18.5 Å². The van der Waals surface area contributed by atoms with Gasteiger partial charge in [-0.05, 0) is 24.3 Å². The molecule has 2 heterocycles. The Morgan fingerprint density at radius 2 is 1.93 bits per heavy atom. The molecule has 3 N–H and O–H groups in total. The SMILES string of the molecule is CNC(=O)[C@H]1CN(Cc2nc3ccccc3c(=O)n2CC(N)=O)c2ccccc2O1. The molecule has 3 aromatic rings. The van der Waals surface area contributed by atoms with Gasteiger partial charge in [0.25, 0.3) is 11.5 Å². The van der Waals surface area contributed by atoms with Crippen LogP contribution >= 0.6 is 0 Å². The minimum Gasteiger partial charge on any atom is -0.477 e. The molecule has 2 amide bonds. The molecule has 0 aliphatic carbocycles. The van der Waals surface area contributed by atoms with E-state index in [9.17, 15) is 14.4 Å². The molecular weight excluding hydrogens is 386 g/mol. The molecule has 0 spiro atoms. The van der Waals surface area contributed by atoms with Gasteiger partial charge >= 0.3 is 0 Å². The van der Waals surface area contributed by atoms with Crippen LogP contribution in [0.2, 0.25) is 0 Å². The number of aromatic nitrogens is 2. The lowest BCUT2D eigenvalue weighted by Crippen LogP contribution is -2.48. The van der Waals surface area contributed by atoms with Gasteiger partial charge in [0.15, 0.2) is 6.10 Å². The number of fused-ring (bicyclic) bond motifs is 2. The minimum absolute atomic E-state index is 0.196. The van der Waals surface area contributed by atoms with E-state index in [-0.39, 0.29) is 31.1 Å². The fourth-order valence-corrected chi connectivity index (χ4v) is 3.58. The van der Waals surface area contributed by atoms with E-state index in [2.05, 4.69) is 10.3 Å². The number of likely N-dealkylation sites (N-methyl/N-ethyl adjacent to an activating group) is 1. The fraction of sp³-hybridized carbons (Fsp3) is 0.238. The van der Waals surface area contributed by atoms with Gasteiger partial charge in [0.05, 0.1) is 29.7 Å². The highest BCUT2D eigenvalue weighted by Crippen LogP contribution is 2.34. The van der Waals surface area contributed by atoms with Gasteiger partial charge in [-0.2, -0.15) is 0 Å². The van der Waals surface area contributed by atoms with Crippen molar-refractivity contribution in [2.24, 2.45) is 5.73 Å². The Morgan fingerprint density at radius 1 is 1.20 bits per heavy atom. The molecule has 154 valence electrons. The number of benzene rings is 2. The molecule has 1 atom stereocenters. The van der Waals surface area contributed by atoms with Crippen molar-refractivity contribution >= 4 is 28.4 Å². The van der Waals surface area contributed by atoms with E-state index in [1.807, 2.05) is 23.1 Å². The number of carbonyl (C=O) groups is 2. The van der Waals surface area contributed by atoms with Gasteiger partial charge in [0.1, 0.15) is 18.1 Å². The highest BCUT2D eigenvalue weighted by atomic mass is 16.5. The first-order chi connectivity index (χ1) is 14.5. The lowest BCUT2D eigenvalue weighted by Gasteiger charge is -2.35. The summed E-state index contributed by atoms with van der Waals surface area (Å²) in [5, 5.41) is 3.01. The quantitative estimate of drug-likeness (QED) is 0.632. The predicted octanol–water partition coefficient (Wildman–Crippen LogP) is 0.395. The molecule has 30 heavy (non-hydrogen) atoms. The largest absolute Gasteiger partial charge is 0.477 e. The first-order valence-electron chi connectivity index (χ1n) is 9.47. The Hall–Kier alpha value is -3.88. The van der Waals surface area contributed by atoms with Crippen molar-refractivity contribution in [1.29, 1.82) is 0 Å². The van der Waals surface area contributed by atoms with Crippen molar-refractivity contribution in [3.63, 3.8) is 0 Å². The van der Waals surface area contributed by atoms with Crippen LogP contribution in [-0.4, -0.2) is 41.1 Å². The molecule has 1 aromatic heterocycles.